The zero-order chi connectivity index (χ0) is 46.2. The summed E-state index contributed by atoms with van der Waals surface area (Å²) < 4.78 is 51.0. The van der Waals surface area contributed by atoms with Gasteiger partial charge in [0, 0.05) is 58.4 Å². The van der Waals surface area contributed by atoms with E-state index in [-0.39, 0.29) is 30.4 Å². The molecule has 2 aromatic carbocycles. The van der Waals surface area contributed by atoms with Crippen molar-refractivity contribution in [3.8, 4) is 11.5 Å². The first-order valence-corrected chi connectivity index (χ1v) is 24.0. The van der Waals surface area contributed by atoms with Crippen LogP contribution in [0.1, 0.15) is 86.6 Å². The normalized spacial score (nSPS) is 32.0. The molecule has 1 unspecified atom stereocenters. The molecule has 66 heavy (non-hydrogen) atoms. The maximum atomic E-state index is 13.1. The van der Waals surface area contributed by atoms with E-state index >= 15 is 0 Å². The van der Waals surface area contributed by atoms with Crippen LogP contribution in [0.3, 0.4) is 0 Å². The SMILES string of the molecule is C[C@]12CC[C@@H]3c4ccc(O)cc4CC[C@H]3[C@@H]1CCC2(O)CCNC1CCN(C(=O)COc2ccc(CN3CCN(C[C@H]4OC[C@H](Nc5cncc(C(F)(F)F)n5)[C@@H](O)[C@H]4O)CC3)cc2)CC1. The van der Waals surface area contributed by atoms with Gasteiger partial charge in [-0.3, -0.25) is 19.6 Å². The number of amides is 1. The molecule has 9 rings (SSSR count). The van der Waals surface area contributed by atoms with Crippen LogP contribution in [0.2, 0.25) is 0 Å². The van der Waals surface area contributed by atoms with Crippen molar-refractivity contribution < 1.29 is 47.9 Å². The Labute approximate surface area is 384 Å². The van der Waals surface area contributed by atoms with Crippen molar-refractivity contribution in [1.82, 2.24) is 30.0 Å². The number of phenolic OH excluding ortho intramolecular Hbond substituents is 1. The first-order chi connectivity index (χ1) is 31.7. The van der Waals surface area contributed by atoms with Crippen LogP contribution in [-0.4, -0.2) is 153 Å². The average molecular weight is 922 g/mol. The lowest BCUT2D eigenvalue weighted by atomic mass is 9.53. The number of rotatable bonds is 13. The molecule has 0 spiro atoms. The number of carbonyl (C=O) groups is 1. The van der Waals surface area contributed by atoms with Crippen LogP contribution < -0.4 is 15.4 Å². The minimum absolute atomic E-state index is 0.0137. The van der Waals surface area contributed by atoms with Gasteiger partial charge in [0.2, 0.25) is 0 Å². The average Bonchev–Trinajstić information content (AvgIpc) is 3.58. The van der Waals surface area contributed by atoms with E-state index in [1.54, 1.807) is 0 Å². The quantitative estimate of drug-likeness (QED) is 0.141. The predicted molar refractivity (Wildman–Crippen MR) is 240 cm³/mol. The second kappa shape index (κ2) is 19.5. The van der Waals surface area contributed by atoms with Crippen molar-refractivity contribution in [2.45, 2.75) is 119 Å². The van der Waals surface area contributed by atoms with E-state index < -0.39 is 41.8 Å². The van der Waals surface area contributed by atoms with Gasteiger partial charge in [0.25, 0.3) is 5.91 Å². The number of hydrogen-bond acceptors (Lipinski definition) is 13. The van der Waals surface area contributed by atoms with Gasteiger partial charge in [-0.05, 0) is 128 Å². The number of aromatic hydroxyl groups is 1. The molecule has 0 bridgehead atoms. The van der Waals surface area contributed by atoms with Gasteiger partial charge < -0.3 is 45.4 Å². The molecule has 6 N–H and O–H groups in total. The summed E-state index contributed by atoms with van der Waals surface area (Å²) in [5.74, 6) is 2.45. The number of aryl methyl sites for hydroxylation is 1. The molecule has 3 aliphatic carbocycles. The molecule has 14 nitrogen and oxygen atoms in total. The third-order valence-corrected chi connectivity index (χ3v) is 16.3. The number of nitrogens with one attached hydrogen (secondary N) is 2. The van der Waals surface area contributed by atoms with Gasteiger partial charge in [0.15, 0.2) is 12.3 Å². The Balaban J connectivity index is 0.647. The molecule has 2 saturated carbocycles. The van der Waals surface area contributed by atoms with Crippen molar-refractivity contribution in [3.05, 3.63) is 77.2 Å². The highest BCUT2D eigenvalue weighted by atomic mass is 19.4. The van der Waals surface area contributed by atoms with E-state index in [1.165, 1.54) is 11.1 Å². The van der Waals surface area contributed by atoms with E-state index in [2.05, 4.69) is 43.4 Å². The minimum atomic E-state index is -4.66. The molecule has 360 valence electrons. The first-order valence-electron chi connectivity index (χ1n) is 24.0. The van der Waals surface area contributed by atoms with Crippen molar-refractivity contribution >= 4 is 11.7 Å². The number of hydrogen-bond donors (Lipinski definition) is 6. The summed E-state index contributed by atoms with van der Waals surface area (Å²) in [6.07, 6.45) is 2.60. The highest BCUT2D eigenvalue weighted by molar-refractivity contribution is 5.77. The summed E-state index contributed by atoms with van der Waals surface area (Å²) in [5, 5.41) is 50.3. The van der Waals surface area contributed by atoms with Gasteiger partial charge in [0.05, 0.1) is 36.7 Å². The molecular weight excluding hydrogens is 856 g/mol. The van der Waals surface area contributed by atoms with Crippen molar-refractivity contribution in [2.24, 2.45) is 17.3 Å². The number of halogens is 3. The lowest BCUT2D eigenvalue weighted by Crippen LogP contribution is -2.59. The number of aliphatic hydroxyl groups excluding tert-OH is 2. The third kappa shape index (κ3) is 10.0. The number of piperazine rings is 1. The lowest BCUT2D eigenvalue weighted by molar-refractivity contribution is -0.148. The number of benzene rings is 2. The number of carbonyl (C=O) groups excluding carboxylic acids is 1. The van der Waals surface area contributed by atoms with E-state index in [1.807, 2.05) is 41.3 Å². The molecule has 1 amide bonds. The van der Waals surface area contributed by atoms with Crippen LogP contribution in [0.25, 0.3) is 0 Å². The molecule has 0 radical (unpaired) electrons. The Morgan fingerprint density at radius 2 is 1.70 bits per heavy atom. The monoisotopic (exact) mass is 921 g/mol. The topological polar surface area (TPSA) is 176 Å². The van der Waals surface area contributed by atoms with Crippen LogP contribution in [0.15, 0.2) is 54.9 Å². The summed E-state index contributed by atoms with van der Waals surface area (Å²) in [6.45, 7) is 8.62. The fraction of sp³-hybridized carbons (Fsp3) is 0.653. The van der Waals surface area contributed by atoms with Gasteiger partial charge in [-0.2, -0.15) is 13.2 Å². The molecule has 3 aromatic rings. The second-order valence-electron chi connectivity index (χ2n) is 20.1. The Hall–Kier alpha value is -4.10. The minimum Gasteiger partial charge on any atom is -0.508 e. The van der Waals surface area contributed by atoms with Crippen molar-refractivity contribution in [1.29, 1.82) is 0 Å². The fourth-order valence-corrected chi connectivity index (χ4v) is 12.4. The number of fused-ring (bicyclic) bond motifs is 5. The summed E-state index contributed by atoms with van der Waals surface area (Å²) in [4.78, 5) is 26.7. The zero-order valence-corrected chi connectivity index (χ0v) is 37.8. The molecule has 9 atom stereocenters. The van der Waals surface area contributed by atoms with Crippen LogP contribution >= 0.6 is 0 Å². The number of likely N-dealkylation sites (tertiary alicyclic amines) is 1. The Morgan fingerprint density at radius 1 is 0.939 bits per heavy atom. The van der Waals surface area contributed by atoms with Crippen molar-refractivity contribution in [3.63, 3.8) is 0 Å². The number of phenols is 1. The van der Waals surface area contributed by atoms with Crippen LogP contribution in [0.5, 0.6) is 11.5 Å². The van der Waals surface area contributed by atoms with Crippen LogP contribution in [0, 0.1) is 17.3 Å². The summed E-state index contributed by atoms with van der Waals surface area (Å²) >= 11 is 0. The molecule has 4 heterocycles. The number of aromatic nitrogens is 2. The largest absolute Gasteiger partial charge is 0.508 e. The van der Waals surface area contributed by atoms with Gasteiger partial charge in [0.1, 0.15) is 29.5 Å². The Bertz CT molecular complexity index is 2140. The smallest absolute Gasteiger partial charge is 0.434 e. The zero-order valence-electron chi connectivity index (χ0n) is 37.8. The van der Waals surface area contributed by atoms with Crippen molar-refractivity contribution in [2.75, 3.05) is 70.9 Å². The number of piperidine rings is 1. The Morgan fingerprint density at radius 3 is 2.45 bits per heavy atom. The standard InChI is InChI=1S/C49H66F3N7O7/c1-47-14-10-37-36-9-5-34(60)24-32(36)4-8-38(37)39(47)11-15-48(47,64)16-17-54-33-12-18-59(19-13-33)44(61)30-65-35-6-2-31(3-7-35)27-57-20-22-58(23-21-57)28-41-46(63)45(62)40(29-66-41)55-43-26-53-25-42(56-43)49(50,51)52/h2-3,5-7,9,24-26,33,37-41,45-46,54,60,62-64H,4,8,10-23,27-30H2,1H3,(H,55,56)/t37-,38-,39+,40+,41-,45-,46+,47+,48?/m1/s1. The fourth-order valence-electron chi connectivity index (χ4n) is 12.4. The molecule has 1 aromatic heterocycles. The number of aliphatic hydroxyl groups is 3. The Kier molecular flexibility index (Phi) is 13.9. The molecule has 17 heteroatoms. The maximum absolute atomic E-state index is 13.1. The molecular formula is C49H66F3N7O7. The van der Waals surface area contributed by atoms with Gasteiger partial charge in [-0.1, -0.05) is 25.1 Å². The third-order valence-electron chi connectivity index (χ3n) is 16.3. The predicted octanol–water partition coefficient (Wildman–Crippen LogP) is 4.56. The molecule has 6 aliphatic rings. The molecule has 5 fully saturated rings. The molecule has 3 saturated heterocycles. The highest BCUT2D eigenvalue weighted by Gasteiger charge is 2.61. The summed E-state index contributed by atoms with van der Waals surface area (Å²) in [7, 11) is 0. The number of anilines is 1. The number of nitrogens with zero attached hydrogens (tertiary/aromatic N) is 5. The van der Waals surface area contributed by atoms with Gasteiger partial charge in [-0.15, -0.1) is 0 Å². The first kappa shape index (κ1) is 47.0. The van der Waals surface area contributed by atoms with E-state index in [4.69, 9.17) is 9.47 Å². The van der Waals surface area contributed by atoms with E-state index in [0.29, 0.717) is 61.1 Å². The van der Waals surface area contributed by atoms with E-state index in [0.717, 1.165) is 109 Å². The number of alkyl halides is 3. The van der Waals surface area contributed by atoms with Gasteiger partial charge in [-0.25, -0.2) is 4.98 Å². The highest BCUT2D eigenvalue weighted by Crippen LogP contribution is 2.65. The maximum Gasteiger partial charge on any atom is 0.434 e. The number of ether oxygens (including phenoxy) is 2. The van der Waals surface area contributed by atoms with Crippen LogP contribution in [-0.2, 0) is 28.7 Å². The summed E-state index contributed by atoms with van der Waals surface area (Å²) in [6, 6.07) is 13.2. The van der Waals surface area contributed by atoms with E-state index in [9.17, 15) is 38.4 Å². The van der Waals surface area contributed by atoms with Gasteiger partial charge >= 0.3 is 6.18 Å². The van der Waals surface area contributed by atoms with Crippen LogP contribution in [0.4, 0.5) is 19.0 Å². The summed E-state index contributed by atoms with van der Waals surface area (Å²) in [5.41, 5.74) is 1.93. The molecule has 3 aliphatic heterocycles. The lowest BCUT2D eigenvalue weighted by Gasteiger charge is -2.53. The second-order valence-corrected chi connectivity index (χ2v) is 20.1.